The standard InChI is InChI=1S/C13H14F3N3S/c14-13(15,16)20-11-3-1-10(2-4-11)12(9-17)19-7-5-18-6-8-19/h1-4,12,18H,5-8H2. The summed E-state index contributed by atoms with van der Waals surface area (Å²) in [5.74, 6) is 0. The van der Waals surface area contributed by atoms with E-state index >= 15 is 0 Å². The Balaban J connectivity index is 2.09. The third kappa shape index (κ3) is 4.13. The van der Waals surface area contributed by atoms with Crippen LogP contribution < -0.4 is 5.32 Å². The van der Waals surface area contributed by atoms with Gasteiger partial charge in [-0.25, -0.2) is 0 Å². The van der Waals surface area contributed by atoms with E-state index in [0.717, 1.165) is 31.7 Å². The van der Waals surface area contributed by atoms with Crippen LogP contribution >= 0.6 is 11.8 Å². The summed E-state index contributed by atoms with van der Waals surface area (Å²) >= 11 is -0.142. The molecule has 1 fully saturated rings. The highest BCUT2D eigenvalue weighted by Gasteiger charge is 2.29. The van der Waals surface area contributed by atoms with E-state index in [-0.39, 0.29) is 16.7 Å². The van der Waals surface area contributed by atoms with Crippen molar-refractivity contribution in [1.29, 1.82) is 5.26 Å². The molecule has 1 heterocycles. The monoisotopic (exact) mass is 301 g/mol. The van der Waals surface area contributed by atoms with Gasteiger partial charge in [-0.2, -0.15) is 18.4 Å². The summed E-state index contributed by atoms with van der Waals surface area (Å²) in [6.07, 6.45) is 0. The van der Waals surface area contributed by atoms with Crippen molar-refractivity contribution in [3.8, 4) is 6.07 Å². The molecular weight excluding hydrogens is 287 g/mol. The number of nitriles is 1. The lowest BCUT2D eigenvalue weighted by molar-refractivity contribution is -0.0328. The molecular formula is C13H14F3N3S. The average Bonchev–Trinajstić information content (AvgIpc) is 2.41. The summed E-state index contributed by atoms with van der Waals surface area (Å²) in [5.41, 5.74) is -3.55. The van der Waals surface area contributed by atoms with Gasteiger partial charge in [0.05, 0.1) is 6.07 Å². The molecule has 1 aliphatic heterocycles. The maximum absolute atomic E-state index is 12.3. The highest BCUT2D eigenvalue weighted by Crippen LogP contribution is 2.37. The van der Waals surface area contributed by atoms with E-state index in [2.05, 4.69) is 11.4 Å². The lowest BCUT2D eigenvalue weighted by Crippen LogP contribution is -2.44. The molecule has 2 rings (SSSR count). The largest absolute Gasteiger partial charge is 0.446 e. The number of thioether (sulfide) groups is 1. The summed E-state index contributed by atoms with van der Waals surface area (Å²) in [5, 5.41) is 12.5. The van der Waals surface area contributed by atoms with Crippen LogP contribution in [0.3, 0.4) is 0 Å². The van der Waals surface area contributed by atoms with Crippen molar-refractivity contribution >= 4 is 11.8 Å². The molecule has 1 aliphatic rings. The van der Waals surface area contributed by atoms with Crippen LogP contribution in [0.2, 0.25) is 0 Å². The molecule has 1 aromatic rings. The molecule has 0 amide bonds. The second kappa shape index (κ2) is 6.48. The molecule has 0 spiro atoms. The van der Waals surface area contributed by atoms with Crippen molar-refractivity contribution in [1.82, 2.24) is 10.2 Å². The molecule has 0 saturated carbocycles. The Morgan fingerprint density at radius 3 is 2.30 bits per heavy atom. The van der Waals surface area contributed by atoms with Gasteiger partial charge in [0.25, 0.3) is 0 Å². The Labute approximate surface area is 119 Å². The van der Waals surface area contributed by atoms with Gasteiger partial charge in [0.2, 0.25) is 0 Å². The summed E-state index contributed by atoms with van der Waals surface area (Å²) in [7, 11) is 0. The first-order valence-corrected chi connectivity index (χ1v) is 7.01. The van der Waals surface area contributed by atoms with E-state index in [1.165, 1.54) is 12.1 Å². The highest BCUT2D eigenvalue weighted by molar-refractivity contribution is 8.00. The Morgan fingerprint density at radius 1 is 1.20 bits per heavy atom. The number of alkyl halides is 3. The van der Waals surface area contributed by atoms with Gasteiger partial charge in [-0.15, -0.1) is 0 Å². The Bertz CT molecular complexity index is 475. The van der Waals surface area contributed by atoms with Crippen LogP contribution in [-0.4, -0.2) is 36.6 Å². The summed E-state index contributed by atoms with van der Waals surface area (Å²) in [4.78, 5) is 2.17. The first-order valence-electron chi connectivity index (χ1n) is 6.20. The van der Waals surface area contributed by atoms with Crippen LogP contribution in [0.15, 0.2) is 29.2 Å². The zero-order valence-corrected chi connectivity index (χ0v) is 11.5. The van der Waals surface area contributed by atoms with Crippen LogP contribution in [0.4, 0.5) is 13.2 Å². The van der Waals surface area contributed by atoms with Gasteiger partial charge in [0.15, 0.2) is 0 Å². The lowest BCUT2D eigenvalue weighted by atomic mass is 10.1. The minimum absolute atomic E-state index is 0.137. The number of hydrogen-bond donors (Lipinski definition) is 1. The molecule has 1 unspecified atom stereocenters. The number of halogens is 3. The number of rotatable bonds is 3. The molecule has 1 N–H and O–H groups in total. The predicted molar refractivity (Wildman–Crippen MR) is 71.2 cm³/mol. The van der Waals surface area contributed by atoms with Crippen molar-refractivity contribution in [3.05, 3.63) is 29.8 Å². The Morgan fingerprint density at radius 2 is 1.80 bits per heavy atom. The summed E-state index contributed by atoms with van der Waals surface area (Å²) in [6, 6.07) is 7.86. The van der Waals surface area contributed by atoms with Crippen LogP contribution in [0.5, 0.6) is 0 Å². The summed E-state index contributed by atoms with van der Waals surface area (Å²) < 4.78 is 36.8. The number of nitrogens with zero attached hydrogens (tertiary/aromatic N) is 2. The predicted octanol–water partition coefficient (Wildman–Crippen LogP) is 2.77. The quantitative estimate of drug-likeness (QED) is 0.871. The first-order chi connectivity index (χ1) is 9.49. The van der Waals surface area contributed by atoms with E-state index in [0.29, 0.717) is 0 Å². The lowest BCUT2D eigenvalue weighted by Gasteiger charge is -2.31. The third-order valence-corrected chi connectivity index (χ3v) is 3.81. The van der Waals surface area contributed by atoms with Gasteiger partial charge in [-0.3, -0.25) is 4.90 Å². The number of nitrogens with one attached hydrogen (secondary N) is 1. The van der Waals surface area contributed by atoms with Crippen molar-refractivity contribution in [2.75, 3.05) is 26.2 Å². The van der Waals surface area contributed by atoms with E-state index < -0.39 is 11.6 Å². The van der Waals surface area contributed by atoms with Gasteiger partial charge in [-0.1, -0.05) is 12.1 Å². The third-order valence-electron chi connectivity index (χ3n) is 3.07. The molecule has 1 aromatic carbocycles. The molecule has 3 nitrogen and oxygen atoms in total. The van der Waals surface area contributed by atoms with E-state index in [4.69, 9.17) is 0 Å². The minimum Gasteiger partial charge on any atom is -0.314 e. The average molecular weight is 301 g/mol. The molecule has 1 saturated heterocycles. The second-order valence-electron chi connectivity index (χ2n) is 4.43. The van der Waals surface area contributed by atoms with Crippen LogP contribution in [0.25, 0.3) is 0 Å². The number of hydrogen-bond acceptors (Lipinski definition) is 4. The molecule has 0 bridgehead atoms. The fourth-order valence-electron chi connectivity index (χ4n) is 2.16. The van der Waals surface area contributed by atoms with Crippen LogP contribution in [0, 0.1) is 11.3 Å². The van der Waals surface area contributed by atoms with Gasteiger partial charge >= 0.3 is 5.51 Å². The SMILES string of the molecule is N#CC(c1ccc(SC(F)(F)F)cc1)N1CCNCC1. The molecule has 0 aromatic heterocycles. The smallest absolute Gasteiger partial charge is 0.314 e. The number of benzene rings is 1. The highest BCUT2D eigenvalue weighted by atomic mass is 32.2. The number of piperazine rings is 1. The topological polar surface area (TPSA) is 39.1 Å². The van der Waals surface area contributed by atoms with Gasteiger partial charge in [-0.05, 0) is 29.5 Å². The normalized spacial score (nSPS) is 18.5. The van der Waals surface area contributed by atoms with Gasteiger partial charge < -0.3 is 5.32 Å². The molecule has 7 heteroatoms. The van der Waals surface area contributed by atoms with Crippen molar-refractivity contribution in [2.24, 2.45) is 0 Å². The molecule has 0 aliphatic carbocycles. The van der Waals surface area contributed by atoms with Crippen LogP contribution in [0.1, 0.15) is 11.6 Å². The molecule has 0 radical (unpaired) electrons. The van der Waals surface area contributed by atoms with E-state index in [1.807, 2.05) is 4.90 Å². The van der Waals surface area contributed by atoms with Gasteiger partial charge in [0, 0.05) is 31.1 Å². The van der Waals surface area contributed by atoms with Crippen molar-refractivity contribution < 1.29 is 13.2 Å². The van der Waals surface area contributed by atoms with Crippen molar-refractivity contribution in [3.63, 3.8) is 0 Å². The molecule has 108 valence electrons. The second-order valence-corrected chi connectivity index (χ2v) is 5.57. The fourth-order valence-corrected chi connectivity index (χ4v) is 2.70. The Hall–Kier alpha value is -1.23. The summed E-state index contributed by atoms with van der Waals surface area (Å²) in [6.45, 7) is 3.16. The molecule has 20 heavy (non-hydrogen) atoms. The maximum atomic E-state index is 12.3. The van der Waals surface area contributed by atoms with Gasteiger partial charge in [0.1, 0.15) is 6.04 Å². The first kappa shape index (κ1) is 15.2. The van der Waals surface area contributed by atoms with Crippen molar-refractivity contribution in [2.45, 2.75) is 16.4 Å². The van der Waals surface area contributed by atoms with E-state index in [1.54, 1.807) is 12.1 Å². The fraction of sp³-hybridized carbons (Fsp3) is 0.462. The minimum atomic E-state index is -4.28. The molecule has 1 atom stereocenters. The van der Waals surface area contributed by atoms with E-state index in [9.17, 15) is 18.4 Å². The Kier molecular flexibility index (Phi) is 4.91. The maximum Gasteiger partial charge on any atom is 0.446 e. The zero-order valence-electron chi connectivity index (χ0n) is 10.7. The zero-order chi connectivity index (χ0) is 14.6. The van der Waals surface area contributed by atoms with Crippen LogP contribution in [-0.2, 0) is 0 Å².